The number of benzene rings is 2. The van der Waals surface area contributed by atoms with Gasteiger partial charge < -0.3 is 5.21 Å². The monoisotopic (exact) mass is 239 g/mol. The van der Waals surface area contributed by atoms with Crippen molar-refractivity contribution in [1.82, 2.24) is 0 Å². The molecule has 2 heteroatoms. The van der Waals surface area contributed by atoms with Crippen LogP contribution in [0.2, 0.25) is 0 Å². The minimum atomic E-state index is 0.532. The molecule has 18 heavy (non-hydrogen) atoms. The van der Waals surface area contributed by atoms with Crippen molar-refractivity contribution < 1.29 is 4.74 Å². The summed E-state index contributed by atoms with van der Waals surface area (Å²) in [5, 5.41) is 11.7. The van der Waals surface area contributed by atoms with Gasteiger partial charge in [-0.15, -0.1) is 0 Å². The summed E-state index contributed by atoms with van der Waals surface area (Å²) >= 11 is 0. The minimum absolute atomic E-state index is 0.532. The van der Waals surface area contributed by atoms with Crippen molar-refractivity contribution in [2.45, 2.75) is 12.8 Å². The molecule has 0 fully saturated rings. The van der Waals surface area contributed by atoms with Gasteiger partial charge in [0, 0.05) is 12.0 Å². The first kappa shape index (κ1) is 12.4. The van der Waals surface area contributed by atoms with E-state index in [0.29, 0.717) is 6.54 Å². The lowest BCUT2D eigenvalue weighted by Gasteiger charge is -2.04. The number of nitrogens with zero attached hydrogens (tertiary/aromatic N) is 1. The molecule has 2 aromatic carbocycles. The van der Waals surface area contributed by atoms with Gasteiger partial charge in [-0.2, -0.15) is 0 Å². The van der Waals surface area contributed by atoms with Gasteiger partial charge in [-0.05, 0) is 24.1 Å². The van der Waals surface area contributed by atoms with E-state index in [2.05, 4.69) is 12.1 Å². The minimum Gasteiger partial charge on any atom is -0.624 e. The normalized spacial score (nSPS) is 11.4. The van der Waals surface area contributed by atoms with Crippen LogP contribution in [-0.2, 0) is 6.42 Å². The van der Waals surface area contributed by atoms with Crippen LogP contribution >= 0.6 is 0 Å². The van der Waals surface area contributed by atoms with E-state index in [4.69, 9.17) is 0 Å². The first-order chi connectivity index (χ1) is 8.84. The highest BCUT2D eigenvalue weighted by atomic mass is 16.5. The molecule has 92 valence electrons. The van der Waals surface area contributed by atoms with Crippen LogP contribution < -0.4 is 0 Å². The largest absolute Gasteiger partial charge is 0.624 e. The molecule has 0 aliphatic carbocycles. The van der Waals surface area contributed by atoms with Gasteiger partial charge in [0.2, 0.25) is 0 Å². The lowest BCUT2D eigenvalue weighted by Crippen LogP contribution is -2.08. The molecule has 2 nitrogen and oxygen atoms in total. The third-order valence-corrected chi connectivity index (χ3v) is 2.78. The van der Waals surface area contributed by atoms with Crippen molar-refractivity contribution in [3.05, 3.63) is 77.0 Å². The van der Waals surface area contributed by atoms with Gasteiger partial charge in [0.15, 0.2) is 12.8 Å². The molecule has 0 unspecified atom stereocenters. The maximum atomic E-state index is 11.7. The Labute approximate surface area is 108 Å². The predicted octanol–water partition coefficient (Wildman–Crippen LogP) is 3.25. The Hall–Kier alpha value is -2.09. The van der Waals surface area contributed by atoms with Gasteiger partial charge in [0.25, 0.3) is 0 Å². The molecule has 0 bridgehead atoms. The van der Waals surface area contributed by atoms with E-state index >= 15 is 0 Å². The Bertz CT molecular complexity index is 491. The molecule has 0 atom stereocenters. The topological polar surface area (TPSA) is 26.1 Å². The van der Waals surface area contributed by atoms with Crippen molar-refractivity contribution in [2.75, 3.05) is 6.54 Å². The molecule has 0 radical (unpaired) electrons. The molecule has 0 saturated heterocycles. The first-order valence-corrected chi connectivity index (χ1v) is 6.22. The van der Waals surface area contributed by atoms with Crippen LogP contribution in [0.3, 0.4) is 0 Å². The predicted molar refractivity (Wildman–Crippen MR) is 74.9 cm³/mol. The second-order valence-corrected chi connectivity index (χ2v) is 4.27. The summed E-state index contributed by atoms with van der Waals surface area (Å²) < 4.78 is 1.01. The standard InChI is InChI=1S/C16H17NO/c18-17(14-16-10-5-2-6-11-16)13-7-12-15-8-3-1-4-9-15/h1-6,8-11,14H,7,12-13H2. The van der Waals surface area contributed by atoms with Gasteiger partial charge in [-0.1, -0.05) is 48.5 Å². The van der Waals surface area contributed by atoms with Crippen molar-refractivity contribution in [3.8, 4) is 0 Å². The zero-order valence-electron chi connectivity index (χ0n) is 10.3. The molecule has 0 aliphatic rings. The second-order valence-electron chi connectivity index (χ2n) is 4.27. The van der Waals surface area contributed by atoms with Crippen LogP contribution in [0, 0.1) is 5.21 Å². The number of hydrogen-bond acceptors (Lipinski definition) is 1. The van der Waals surface area contributed by atoms with Gasteiger partial charge >= 0.3 is 0 Å². The highest BCUT2D eigenvalue weighted by molar-refractivity contribution is 5.75. The van der Waals surface area contributed by atoms with Crippen LogP contribution in [0.25, 0.3) is 0 Å². The summed E-state index contributed by atoms with van der Waals surface area (Å²) in [7, 11) is 0. The van der Waals surface area contributed by atoms with Gasteiger partial charge in [0.1, 0.15) is 0 Å². The lowest BCUT2D eigenvalue weighted by atomic mass is 10.1. The van der Waals surface area contributed by atoms with Crippen LogP contribution in [0.1, 0.15) is 17.5 Å². The summed E-state index contributed by atoms with van der Waals surface area (Å²) in [5.74, 6) is 0. The van der Waals surface area contributed by atoms with E-state index in [-0.39, 0.29) is 0 Å². The summed E-state index contributed by atoms with van der Waals surface area (Å²) in [6, 6.07) is 19.9. The molecule has 0 N–H and O–H groups in total. The van der Waals surface area contributed by atoms with Crippen LogP contribution in [0.4, 0.5) is 0 Å². The molecule has 0 heterocycles. The maximum absolute atomic E-state index is 11.7. The molecular formula is C16H17NO. The number of hydroxylamine groups is 1. The summed E-state index contributed by atoms with van der Waals surface area (Å²) in [5.41, 5.74) is 2.23. The smallest absolute Gasteiger partial charge is 0.181 e. The molecule has 0 saturated carbocycles. The van der Waals surface area contributed by atoms with Gasteiger partial charge in [0.05, 0.1) is 0 Å². The zero-order valence-corrected chi connectivity index (χ0v) is 10.3. The van der Waals surface area contributed by atoms with Crippen molar-refractivity contribution in [3.63, 3.8) is 0 Å². The van der Waals surface area contributed by atoms with E-state index in [0.717, 1.165) is 23.1 Å². The van der Waals surface area contributed by atoms with Crippen molar-refractivity contribution in [1.29, 1.82) is 0 Å². The Balaban J connectivity index is 1.82. The Morgan fingerprint density at radius 1 is 0.889 bits per heavy atom. The number of hydrogen-bond donors (Lipinski definition) is 0. The second kappa shape index (κ2) is 6.60. The van der Waals surface area contributed by atoms with E-state index in [1.165, 1.54) is 5.56 Å². The van der Waals surface area contributed by atoms with Crippen LogP contribution in [-0.4, -0.2) is 17.5 Å². The highest BCUT2D eigenvalue weighted by Crippen LogP contribution is 2.02. The first-order valence-electron chi connectivity index (χ1n) is 6.22. The molecule has 2 aromatic rings. The average molecular weight is 239 g/mol. The summed E-state index contributed by atoms with van der Waals surface area (Å²) in [4.78, 5) is 0. The van der Waals surface area contributed by atoms with Crippen molar-refractivity contribution in [2.24, 2.45) is 0 Å². The van der Waals surface area contributed by atoms with Crippen molar-refractivity contribution >= 4 is 6.21 Å². The molecule has 0 aromatic heterocycles. The Kier molecular flexibility index (Phi) is 4.53. The Morgan fingerprint density at radius 3 is 2.17 bits per heavy atom. The van der Waals surface area contributed by atoms with E-state index in [9.17, 15) is 5.21 Å². The van der Waals surface area contributed by atoms with Crippen LogP contribution in [0.15, 0.2) is 60.7 Å². The molecule has 0 amide bonds. The molecular weight excluding hydrogens is 222 g/mol. The molecule has 2 rings (SSSR count). The van der Waals surface area contributed by atoms with Gasteiger partial charge in [-0.25, -0.2) is 4.74 Å². The summed E-state index contributed by atoms with van der Waals surface area (Å²) in [6.45, 7) is 0.532. The average Bonchev–Trinajstić information content (AvgIpc) is 2.41. The molecule has 0 spiro atoms. The van der Waals surface area contributed by atoms with Gasteiger partial charge in [-0.3, -0.25) is 0 Å². The SMILES string of the molecule is [O-][N+](=Cc1ccccc1)CCCc1ccccc1. The van der Waals surface area contributed by atoms with Crippen LogP contribution in [0.5, 0.6) is 0 Å². The maximum Gasteiger partial charge on any atom is 0.181 e. The Morgan fingerprint density at radius 2 is 1.50 bits per heavy atom. The quantitative estimate of drug-likeness (QED) is 0.340. The zero-order chi connectivity index (χ0) is 12.6. The van der Waals surface area contributed by atoms with E-state index in [1.807, 2.05) is 48.5 Å². The lowest BCUT2D eigenvalue weighted by molar-refractivity contribution is -0.452. The number of rotatable bonds is 5. The molecule has 0 aliphatic heterocycles. The fraction of sp³-hybridized carbons (Fsp3) is 0.188. The number of aryl methyl sites for hydroxylation is 1. The third-order valence-electron chi connectivity index (χ3n) is 2.78. The fourth-order valence-electron chi connectivity index (χ4n) is 1.85. The highest BCUT2D eigenvalue weighted by Gasteiger charge is 1.97. The van der Waals surface area contributed by atoms with E-state index in [1.54, 1.807) is 6.21 Å². The summed E-state index contributed by atoms with van der Waals surface area (Å²) in [6.07, 6.45) is 3.46. The fourth-order valence-corrected chi connectivity index (χ4v) is 1.85. The third kappa shape index (κ3) is 4.06. The van der Waals surface area contributed by atoms with E-state index < -0.39 is 0 Å².